The molecule has 0 radical (unpaired) electrons. The highest BCUT2D eigenvalue weighted by molar-refractivity contribution is 4.85. The summed E-state index contributed by atoms with van der Waals surface area (Å²) < 4.78 is 0. The maximum absolute atomic E-state index is 3.98. The van der Waals surface area contributed by atoms with Crippen LogP contribution in [-0.2, 0) is 0 Å². The molecule has 2 atom stereocenters. The Labute approximate surface area is 114 Å². The third kappa shape index (κ3) is 3.98. The minimum atomic E-state index is 0.810. The van der Waals surface area contributed by atoms with Gasteiger partial charge < -0.3 is 5.32 Å². The molecule has 1 nitrogen and oxygen atoms in total. The van der Waals surface area contributed by atoms with Crippen LogP contribution >= 0.6 is 0 Å². The molecule has 2 fully saturated rings. The SMILES string of the molecule is CC1CC(C)CC(NC2CCC(C(C)C)CC2)C1. The fourth-order valence-corrected chi connectivity index (χ4v) is 4.37. The van der Waals surface area contributed by atoms with E-state index in [1.54, 1.807) is 0 Å². The standard InChI is InChI=1S/C17H33N/c1-12(2)15-5-7-16(8-6-15)18-17-10-13(3)9-14(4)11-17/h12-18H,5-11H2,1-4H3. The first-order chi connectivity index (χ1) is 8.54. The van der Waals surface area contributed by atoms with Crippen molar-refractivity contribution in [3.05, 3.63) is 0 Å². The van der Waals surface area contributed by atoms with E-state index >= 15 is 0 Å². The zero-order valence-electron chi connectivity index (χ0n) is 12.9. The lowest BCUT2D eigenvalue weighted by atomic mass is 9.77. The molecule has 2 aliphatic carbocycles. The first kappa shape index (κ1) is 14.4. The molecular weight excluding hydrogens is 218 g/mol. The van der Waals surface area contributed by atoms with Crippen LogP contribution in [0.1, 0.15) is 72.6 Å². The molecule has 2 unspecified atom stereocenters. The molecule has 0 spiro atoms. The lowest BCUT2D eigenvalue weighted by Crippen LogP contribution is -2.44. The highest BCUT2D eigenvalue weighted by atomic mass is 15.0. The molecule has 0 aromatic carbocycles. The van der Waals surface area contributed by atoms with Crippen molar-refractivity contribution in [2.24, 2.45) is 23.7 Å². The predicted molar refractivity (Wildman–Crippen MR) is 79.7 cm³/mol. The Morgan fingerprint density at radius 2 is 1.33 bits per heavy atom. The van der Waals surface area contributed by atoms with Crippen LogP contribution in [0.4, 0.5) is 0 Å². The van der Waals surface area contributed by atoms with Crippen molar-refractivity contribution in [3.63, 3.8) is 0 Å². The van der Waals surface area contributed by atoms with E-state index in [0.717, 1.165) is 35.8 Å². The summed E-state index contributed by atoms with van der Waals surface area (Å²) in [6, 6.07) is 1.63. The summed E-state index contributed by atoms with van der Waals surface area (Å²) in [7, 11) is 0. The molecule has 0 heterocycles. The fraction of sp³-hybridized carbons (Fsp3) is 1.00. The van der Waals surface area contributed by atoms with Gasteiger partial charge in [-0.25, -0.2) is 0 Å². The van der Waals surface area contributed by atoms with Crippen molar-refractivity contribution in [2.45, 2.75) is 84.7 Å². The Morgan fingerprint density at radius 3 is 1.83 bits per heavy atom. The summed E-state index contributed by atoms with van der Waals surface area (Å²) in [6.07, 6.45) is 10.0. The molecule has 0 amide bonds. The molecule has 1 heteroatoms. The predicted octanol–water partition coefficient (Wildman–Crippen LogP) is 4.62. The zero-order chi connectivity index (χ0) is 13.1. The third-order valence-corrected chi connectivity index (χ3v) is 5.36. The lowest BCUT2D eigenvalue weighted by molar-refractivity contribution is 0.186. The summed E-state index contributed by atoms with van der Waals surface area (Å²) in [6.45, 7) is 9.64. The molecule has 0 bridgehead atoms. The molecule has 0 aromatic rings. The van der Waals surface area contributed by atoms with Gasteiger partial charge in [0.25, 0.3) is 0 Å². The Hall–Kier alpha value is -0.0400. The topological polar surface area (TPSA) is 12.0 Å². The van der Waals surface area contributed by atoms with Crippen LogP contribution in [0.5, 0.6) is 0 Å². The van der Waals surface area contributed by atoms with Crippen LogP contribution in [0.3, 0.4) is 0 Å². The molecular formula is C17H33N. The van der Waals surface area contributed by atoms with Gasteiger partial charge in [0.05, 0.1) is 0 Å². The van der Waals surface area contributed by atoms with Gasteiger partial charge in [-0.05, 0) is 68.6 Å². The Balaban J connectivity index is 1.74. The maximum atomic E-state index is 3.98. The van der Waals surface area contributed by atoms with E-state index in [9.17, 15) is 0 Å². The van der Waals surface area contributed by atoms with Gasteiger partial charge in [-0.3, -0.25) is 0 Å². The van der Waals surface area contributed by atoms with E-state index in [2.05, 4.69) is 33.0 Å². The number of hydrogen-bond donors (Lipinski definition) is 1. The van der Waals surface area contributed by atoms with Crippen LogP contribution in [-0.4, -0.2) is 12.1 Å². The van der Waals surface area contributed by atoms with Crippen LogP contribution in [0.25, 0.3) is 0 Å². The van der Waals surface area contributed by atoms with E-state index in [1.807, 2.05) is 0 Å². The van der Waals surface area contributed by atoms with Gasteiger partial charge in [-0.1, -0.05) is 27.7 Å². The molecule has 0 saturated heterocycles. The summed E-state index contributed by atoms with van der Waals surface area (Å²) >= 11 is 0. The van der Waals surface area contributed by atoms with Crippen LogP contribution < -0.4 is 5.32 Å². The number of rotatable bonds is 3. The summed E-state index contributed by atoms with van der Waals surface area (Å²) in [5.41, 5.74) is 0. The van der Waals surface area contributed by atoms with E-state index in [0.29, 0.717) is 0 Å². The van der Waals surface area contributed by atoms with E-state index in [1.165, 1.54) is 44.9 Å². The quantitative estimate of drug-likeness (QED) is 0.772. The average Bonchev–Trinajstić information content (AvgIpc) is 2.28. The molecule has 106 valence electrons. The van der Waals surface area contributed by atoms with E-state index in [4.69, 9.17) is 0 Å². The average molecular weight is 251 g/mol. The molecule has 1 N–H and O–H groups in total. The van der Waals surface area contributed by atoms with Crippen molar-refractivity contribution >= 4 is 0 Å². The van der Waals surface area contributed by atoms with Gasteiger partial charge in [0.1, 0.15) is 0 Å². The van der Waals surface area contributed by atoms with Crippen LogP contribution in [0.15, 0.2) is 0 Å². The molecule has 2 aliphatic rings. The van der Waals surface area contributed by atoms with Crippen molar-refractivity contribution in [2.75, 3.05) is 0 Å². The van der Waals surface area contributed by atoms with Gasteiger partial charge in [0.2, 0.25) is 0 Å². The summed E-state index contributed by atoms with van der Waals surface area (Å²) in [5.74, 6) is 3.74. The Bertz CT molecular complexity index is 230. The number of hydrogen-bond acceptors (Lipinski definition) is 1. The minimum Gasteiger partial charge on any atom is -0.311 e. The van der Waals surface area contributed by atoms with Crippen LogP contribution in [0.2, 0.25) is 0 Å². The van der Waals surface area contributed by atoms with Crippen molar-refractivity contribution in [1.29, 1.82) is 0 Å². The van der Waals surface area contributed by atoms with E-state index < -0.39 is 0 Å². The van der Waals surface area contributed by atoms with Crippen molar-refractivity contribution < 1.29 is 0 Å². The Morgan fingerprint density at radius 1 is 0.778 bits per heavy atom. The third-order valence-electron chi connectivity index (χ3n) is 5.36. The van der Waals surface area contributed by atoms with Gasteiger partial charge in [-0.2, -0.15) is 0 Å². The monoisotopic (exact) mass is 251 g/mol. The number of nitrogens with one attached hydrogen (secondary N) is 1. The molecule has 2 rings (SSSR count). The van der Waals surface area contributed by atoms with E-state index in [-0.39, 0.29) is 0 Å². The largest absolute Gasteiger partial charge is 0.311 e. The van der Waals surface area contributed by atoms with Gasteiger partial charge in [0.15, 0.2) is 0 Å². The molecule has 0 aromatic heterocycles. The van der Waals surface area contributed by atoms with Gasteiger partial charge >= 0.3 is 0 Å². The van der Waals surface area contributed by atoms with Crippen LogP contribution in [0, 0.1) is 23.7 Å². The second-order valence-corrected chi connectivity index (χ2v) is 7.64. The van der Waals surface area contributed by atoms with Gasteiger partial charge in [0, 0.05) is 12.1 Å². The normalized spacial score (nSPS) is 42.2. The molecule has 2 saturated carbocycles. The first-order valence-corrected chi connectivity index (χ1v) is 8.30. The van der Waals surface area contributed by atoms with Gasteiger partial charge in [-0.15, -0.1) is 0 Å². The van der Waals surface area contributed by atoms with Crippen molar-refractivity contribution in [3.8, 4) is 0 Å². The maximum Gasteiger partial charge on any atom is 0.00747 e. The molecule has 18 heavy (non-hydrogen) atoms. The highest BCUT2D eigenvalue weighted by Gasteiger charge is 2.28. The first-order valence-electron chi connectivity index (χ1n) is 8.30. The zero-order valence-corrected chi connectivity index (χ0v) is 12.9. The highest BCUT2D eigenvalue weighted by Crippen LogP contribution is 2.32. The fourth-order valence-electron chi connectivity index (χ4n) is 4.37. The molecule has 0 aliphatic heterocycles. The smallest absolute Gasteiger partial charge is 0.00747 e. The second-order valence-electron chi connectivity index (χ2n) is 7.64. The Kier molecular flexibility index (Phi) is 5.12. The second kappa shape index (κ2) is 6.41. The summed E-state index contributed by atoms with van der Waals surface area (Å²) in [4.78, 5) is 0. The van der Waals surface area contributed by atoms with Crippen molar-refractivity contribution in [1.82, 2.24) is 5.32 Å². The minimum absolute atomic E-state index is 0.810. The lowest BCUT2D eigenvalue weighted by Gasteiger charge is -2.38. The summed E-state index contributed by atoms with van der Waals surface area (Å²) in [5, 5.41) is 3.98.